The number of unbranched alkanes of at least 4 members (excludes halogenated alkanes) is 2. The second-order valence-corrected chi connectivity index (χ2v) is 6.47. The molecule has 0 radical (unpaired) electrons. The molecular weight excluding hydrogens is 292 g/mol. The molecule has 126 valence electrons. The molecule has 1 aliphatic carbocycles. The van der Waals surface area contributed by atoms with Crippen molar-refractivity contribution in [2.24, 2.45) is 0 Å². The topological polar surface area (TPSA) is 77.8 Å². The lowest BCUT2D eigenvalue weighted by Crippen LogP contribution is -2.09. The van der Waals surface area contributed by atoms with Crippen molar-refractivity contribution in [3.63, 3.8) is 0 Å². The van der Waals surface area contributed by atoms with Crippen molar-refractivity contribution < 1.29 is 20.1 Å². The van der Waals surface area contributed by atoms with E-state index in [9.17, 15) is 20.1 Å². The first-order chi connectivity index (χ1) is 11.0. The predicted molar refractivity (Wildman–Crippen MR) is 90.3 cm³/mol. The van der Waals surface area contributed by atoms with Gasteiger partial charge in [-0.2, -0.15) is 0 Å². The van der Waals surface area contributed by atoms with Gasteiger partial charge in [-0.3, -0.25) is 0 Å². The van der Waals surface area contributed by atoms with Crippen molar-refractivity contribution >= 4 is 5.97 Å². The first kappa shape index (κ1) is 17.4. The van der Waals surface area contributed by atoms with E-state index in [2.05, 4.69) is 6.92 Å². The van der Waals surface area contributed by atoms with Gasteiger partial charge in [0, 0.05) is 11.5 Å². The first-order valence-electron chi connectivity index (χ1n) is 8.44. The van der Waals surface area contributed by atoms with Gasteiger partial charge in [-0.15, -0.1) is 0 Å². The first-order valence-corrected chi connectivity index (χ1v) is 8.44. The van der Waals surface area contributed by atoms with Crippen molar-refractivity contribution in [3.05, 3.63) is 34.4 Å². The van der Waals surface area contributed by atoms with E-state index in [4.69, 9.17) is 0 Å². The van der Waals surface area contributed by atoms with Crippen molar-refractivity contribution in [2.75, 3.05) is 0 Å². The molecule has 0 fully saturated rings. The Kier molecular flexibility index (Phi) is 5.69. The van der Waals surface area contributed by atoms with Gasteiger partial charge in [0.2, 0.25) is 0 Å². The minimum atomic E-state index is -1.13. The molecule has 3 N–H and O–H groups in total. The van der Waals surface area contributed by atoms with Crippen molar-refractivity contribution in [2.45, 2.75) is 64.7 Å². The van der Waals surface area contributed by atoms with Crippen LogP contribution >= 0.6 is 0 Å². The number of phenols is 2. The Balaban J connectivity index is 2.46. The highest BCUT2D eigenvalue weighted by atomic mass is 16.4. The molecule has 0 heterocycles. The van der Waals surface area contributed by atoms with Gasteiger partial charge in [0.25, 0.3) is 0 Å². The molecule has 2 rings (SSSR count). The van der Waals surface area contributed by atoms with Gasteiger partial charge in [0.15, 0.2) is 0 Å². The van der Waals surface area contributed by atoms with Gasteiger partial charge in [-0.25, -0.2) is 4.79 Å². The Morgan fingerprint density at radius 1 is 1.30 bits per heavy atom. The summed E-state index contributed by atoms with van der Waals surface area (Å²) in [6.45, 7) is 4.10. The quantitative estimate of drug-likeness (QED) is 0.523. The highest BCUT2D eigenvalue weighted by Crippen LogP contribution is 2.43. The molecule has 1 aromatic rings. The molecule has 1 atom stereocenters. The van der Waals surface area contributed by atoms with Gasteiger partial charge in [0.05, 0.1) is 0 Å². The van der Waals surface area contributed by atoms with Crippen LogP contribution in [0, 0.1) is 0 Å². The zero-order valence-electron chi connectivity index (χ0n) is 13.9. The van der Waals surface area contributed by atoms with Crippen LogP contribution < -0.4 is 0 Å². The van der Waals surface area contributed by atoms with Gasteiger partial charge >= 0.3 is 5.97 Å². The number of benzene rings is 1. The SMILES string of the molecule is CCCCCc1cc(O)c(C2C=C(C)CCC2)c(O)c1C(=O)O. The number of rotatable bonds is 6. The Bertz CT molecular complexity index is 616. The number of hydrogen-bond donors (Lipinski definition) is 3. The molecule has 4 nitrogen and oxygen atoms in total. The number of aromatic hydroxyl groups is 2. The van der Waals surface area contributed by atoms with Crippen LogP contribution in [0.15, 0.2) is 17.7 Å². The van der Waals surface area contributed by atoms with Crippen LogP contribution in [0.4, 0.5) is 0 Å². The number of hydrogen-bond acceptors (Lipinski definition) is 3. The minimum Gasteiger partial charge on any atom is -0.507 e. The largest absolute Gasteiger partial charge is 0.507 e. The number of allylic oxidation sites excluding steroid dienone is 2. The fraction of sp³-hybridized carbons (Fsp3) is 0.526. The molecule has 4 heteroatoms. The van der Waals surface area contributed by atoms with E-state index in [1.165, 1.54) is 11.6 Å². The number of aromatic carboxylic acids is 1. The molecule has 0 spiro atoms. The highest BCUT2D eigenvalue weighted by Gasteiger charge is 2.27. The van der Waals surface area contributed by atoms with Gasteiger partial charge in [-0.1, -0.05) is 31.4 Å². The maximum atomic E-state index is 11.6. The van der Waals surface area contributed by atoms with E-state index in [-0.39, 0.29) is 23.0 Å². The molecule has 1 unspecified atom stereocenters. The van der Waals surface area contributed by atoms with E-state index >= 15 is 0 Å². The Labute approximate surface area is 137 Å². The number of aryl methyl sites for hydroxylation is 1. The van der Waals surface area contributed by atoms with Crippen LogP contribution in [0.3, 0.4) is 0 Å². The number of carbonyl (C=O) groups is 1. The average molecular weight is 318 g/mol. The summed E-state index contributed by atoms with van der Waals surface area (Å²) in [5.41, 5.74) is 2.04. The number of carboxylic acids is 1. The van der Waals surface area contributed by atoms with Crippen LogP contribution in [0.5, 0.6) is 11.5 Å². The predicted octanol–water partition coefficient (Wildman–Crippen LogP) is 4.74. The zero-order valence-corrected chi connectivity index (χ0v) is 13.9. The van der Waals surface area contributed by atoms with E-state index in [0.717, 1.165) is 38.5 Å². The molecular formula is C19H26O4. The molecule has 23 heavy (non-hydrogen) atoms. The van der Waals surface area contributed by atoms with E-state index in [1.54, 1.807) is 0 Å². The second kappa shape index (κ2) is 7.53. The number of phenolic OH excluding ortho intramolecular Hbond substituents is 1. The Morgan fingerprint density at radius 3 is 2.65 bits per heavy atom. The van der Waals surface area contributed by atoms with Gasteiger partial charge in [0.1, 0.15) is 17.1 Å². The summed E-state index contributed by atoms with van der Waals surface area (Å²) in [7, 11) is 0. The summed E-state index contributed by atoms with van der Waals surface area (Å²) in [5.74, 6) is -1.51. The fourth-order valence-electron chi connectivity index (χ4n) is 3.43. The third-order valence-electron chi connectivity index (χ3n) is 4.61. The summed E-state index contributed by atoms with van der Waals surface area (Å²) < 4.78 is 0. The standard InChI is InChI=1S/C19H26O4/c1-3-4-5-8-14-11-15(20)16(18(21)17(14)19(22)23)13-9-6-7-12(2)10-13/h10-11,13,20-21H,3-9H2,1-2H3,(H,22,23). The molecule has 1 aliphatic rings. The van der Waals surface area contributed by atoms with Gasteiger partial charge < -0.3 is 15.3 Å². The summed E-state index contributed by atoms with van der Waals surface area (Å²) in [6.07, 6.45) is 8.25. The lowest BCUT2D eigenvalue weighted by Gasteiger charge is -2.23. The lowest BCUT2D eigenvalue weighted by molar-refractivity contribution is 0.0692. The van der Waals surface area contributed by atoms with E-state index in [0.29, 0.717) is 17.5 Å². The average Bonchev–Trinajstić information content (AvgIpc) is 2.46. The van der Waals surface area contributed by atoms with Crippen molar-refractivity contribution in [1.82, 2.24) is 0 Å². The zero-order chi connectivity index (χ0) is 17.0. The van der Waals surface area contributed by atoms with Crippen LogP contribution in [0.1, 0.15) is 79.8 Å². The molecule has 0 saturated heterocycles. The third-order valence-corrected chi connectivity index (χ3v) is 4.61. The smallest absolute Gasteiger partial charge is 0.339 e. The van der Waals surface area contributed by atoms with E-state index in [1.807, 2.05) is 13.0 Å². The monoisotopic (exact) mass is 318 g/mol. The highest BCUT2D eigenvalue weighted by molar-refractivity contribution is 5.94. The van der Waals surface area contributed by atoms with Crippen LogP contribution in [-0.2, 0) is 6.42 Å². The second-order valence-electron chi connectivity index (χ2n) is 6.47. The lowest BCUT2D eigenvalue weighted by atomic mass is 9.83. The van der Waals surface area contributed by atoms with E-state index < -0.39 is 5.97 Å². The Hall–Kier alpha value is -1.97. The molecule has 0 aromatic heterocycles. The summed E-state index contributed by atoms with van der Waals surface area (Å²) >= 11 is 0. The maximum Gasteiger partial charge on any atom is 0.339 e. The minimum absolute atomic E-state index is 0.00921. The van der Waals surface area contributed by atoms with Crippen LogP contribution in [-0.4, -0.2) is 21.3 Å². The molecule has 0 saturated carbocycles. The van der Waals surface area contributed by atoms with Crippen molar-refractivity contribution in [3.8, 4) is 11.5 Å². The molecule has 1 aromatic carbocycles. The summed E-state index contributed by atoms with van der Waals surface area (Å²) in [4.78, 5) is 11.6. The summed E-state index contributed by atoms with van der Waals surface area (Å²) in [5, 5.41) is 30.4. The fourth-order valence-corrected chi connectivity index (χ4v) is 3.43. The van der Waals surface area contributed by atoms with Crippen LogP contribution in [0.25, 0.3) is 0 Å². The summed E-state index contributed by atoms with van der Waals surface area (Å²) in [6, 6.07) is 1.53. The van der Waals surface area contributed by atoms with Crippen molar-refractivity contribution in [1.29, 1.82) is 0 Å². The van der Waals surface area contributed by atoms with Gasteiger partial charge in [-0.05, 0) is 50.7 Å². The Morgan fingerprint density at radius 2 is 2.04 bits per heavy atom. The molecule has 0 aliphatic heterocycles. The number of carboxylic acid groups (broad SMARTS) is 1. The third kappa shape index (κ3) is 3.87. The molecule has 0 amide bonds. The maximum absolute atomic E-state index is 11.6. The normalized spacial score (nSPS) is 17.8. The van der Waals surface area contributed by atoms with Crippen LogP contribution in [0.2, 0.25) is 0 Å². The molecule has 0 bridgehead atoms.